The molecule has 2 rings (SSSR count). The maximum atomic E-state index is 5.56. The highest BCUT2D eigenvalue weighted by molar-refractivity contribution is 5.01. The Kier molecular flexibility index (Phi) is 6.31. The molecule has 0 aromatic rings. The van der Waals surface area contributed by atoms with Crippen LogP contribution in [0.3, 0.4) is 0 Å². The van der Waals surface area contributed by atoms with Gasteiger partial charge in [-0.3, -0.25) is 4.90 Å². The molecular formula is C17H34N2O. The molecule has 2 atom stereocenters. The Hall–Kier alpha value is -0.120. The molecule has 0 bridgehead atoms. The standard InChI is InChI=1S/C17H34N2O/c1-4-10-18-16(15-8-6-7-9-15)17(3,5-2)19-11-13-20-14-12-19/h15-16,18H,4-14H2,1-3H3. The van der Waals surface area contributed by atoms with Crippen molar-refractivity contribution >= 4 is 0 Å². The van der Waals surface area contributed by atoms with Gasteiger partial charge in [-0.1, -0.05) is 26.7 Å². The molecule has 1 aliphatic carbocycles. The number of rotatable bonds is 7. The predicted molar refractivity (Wildman–Crippen MR) is 85.1 cm³/mol. The fraction of sp³-hybridized carbons (Fsp3) is 1.00. The number of morpholine rings is 1. The first kappa shape index (κ1) is 16.3. The van der Waals surface area contributed by atoms with E-state index in [0.29, 0.717) is 6.04 Å². The molecule has 1 aliphatic heterocycles. The van der Waals surface area contributed by atoms with E-state index in [9.17, 15) is 0 Å². The van der Waals surface area contributed by atoms with Crippen molar-refractivity contribution in [2.45, 2.75) is 70.9 Å². The molecule has 0 aromatic heterocycles. The lowest BCUT2D eigenvalue weighted by Crippen LogP contribution is -2.63. The first-order valence-corrected chi connectivity index (χ1v) is 8.78. The summed E-state index contributed by atoms with van der Waals surface area (Å²) >= 11 is 0. The van der Waals surface area contributed by atoms with Crippen molar-refractivity contribution in [2.75, 3.05) is 32.8 Å². The fourth-order valence-corrected chi connectivity index (χ4v) is 4.20. The number of nitrogens with one attached hydrogen (secondary N) is 1. The Morgan fingerprint density at radius 1 is 1.20 bits per heavy atom. The molecule has 2 fully saturated rings. The molecule has 0 aromatic carbocycles. The van der Waals surface area contributed by atoms with Gasteiger partial charge < -0.3 is 10.1 Å². The van der Waals surface area contributed by atoms with Gasteiger partial charge >= 0.3 is 0 Å². The third-order valence-electron chi connectivity index (χ3n) is 5.60. The van der Waals surface area contributed by atoms with Crippen molar-refractivity contribution in [2.24, 2.45) is 5.92 Å². The number of hydrogen-bond donors (Lipinski definition) is 1. The van der Waals surface area contributed by atoms with E-state index in [2.05, 4.69) is 31.0 Å². The topological polar surface area (TPSA) is 24.5 Å². The Balaban J connectivity index is 2.12. The first-order chi connectivity index (χ1) is 9.72. The molecule has 20 heavy (non-hydrogen) atoms. The summed E-state index contributed by atoms with van der Waals surface area (Å²) in [5.74, 6) is 0.870. The van der Waals surface area contributed by atoms with Crippen molar-refractivity contribution in [3.8, 4) is 0 Å². The molecular weight excluding hydrogens is 248 g/mol. The van der Waals surface area contributed by atoms with E-state index in [-0.39, 0.29) is 5.54 Å². The zero-order valence-electron chi connectivity index (χ0n) is 13.8. The summed E-state index contributed by atoms with van der Waals surface area (Å²) in [5, 5.41) is 3.92. The van der Waals surface area contributed by atoms with E-state index in [4.69, 9.17) is 4.74 Å². The van der Waals surface area contributed by atoms with Gasteiger partial charge in [-0.15, -0.1) is 0 Å². The molecule has 1 saturated carbocycles. The molecule has 1 saturated heterocycles. The second-order valence-electron chi connectivity index (χ2n) is 6.79. The zero-order valence-corrected chi connectivity index (χ0v) is 13.8. The third kappa shape index (κ3) is 3.55. The van der Waals surface area contributed by atoms with Gasteiger partial charge in [-0.2, -0.15) is 0 Å². The molecule has 0 radical (unpaired) electrons. The number of nitrogens with zero attached hydrogens (tertiary/aromatic N) is 1. The van der Waals surface area contributed by atoms with E-state index >= 15 is 0 Å². The maximum Gasteiger partial charge on any atom is 0.0594 e. The van der Waals surface area contributed by atoms with E-state index in [1.807, 2.05) is 0 Å². The lowest BCUT2D eigenvalue weighted by atomic mass is 9.78. The van der Waals surface area contributed by atoms with Crippen LogP contribution in [0.15, 0.2) is 0 Å². The Morgan fingerprint density at radius 3 is 2.40 bits per heavy atom. The van der Waals surface area contributed by atoms with Crippen molar-refractivity contribution in [1.82, 2.24) is 10.2 Å². The van der Waals surface area contributed by atoms with Crippen LogP contribution in [0.2, 0.25) is 0 Å². The van der Waals surface area contributed by atoms with E-state index in [1.54, 1.807) is 0 Å². The van der Waals surface area contributed by atoms with Gasteiger partial charge in [-0.05, 0) is 45.1 Å². The fourth-order valence-electron chi connectivity index (χ4n) is 4.20. The average Bonchev–Trinajstić information content (AvgIpc) is 3.02. The smallest absolute Gasteiger partial charge is 0.0594 e. The SMILES string of the molecule is CCCNC(C1CCCC1)C(C)(CC)N1CCOCC1. The molecule has 1 N–H and O–H groups in total. The largest absolute Gasteiger partial charge is 0.379 e. The minimum Gasteiger partial charge on any atom is -0.379 e. The highest BCUT2D eigenvalue weighted by Gasteiger charge is 2.42. The van der Waals surface area contributed by atoms with Crippen molar-refractivity contribution in [1.29, 1.82) is 0 Å². The summed E-state index contributed by atoms with van der Waals surface area (Å²) in [6, 6.07) is 0.646. The summed E-state index contributed by atoms with van der Waals surface area (Å²) in [7, 11) is 0. The van der Waals surface area contributed by atoms with Crippen molar-refractivity contribution < 1.29 is 4.74 Å². The molecule has 118 valence electrons. The minimum absolute atomic E-state index is 0.286. The van der Waals surface area contributed by atoms with Crippen molar-refractivity contribution in [3.05, 3.63) is 0 Å². The maximum absolute atomic E-state index is 5.56. The van der Waals surface area contributed by atoms with Crippen LogP contribution in [0.1, 0.15) is 59.3 Å². The molecule has 2 aliphatic rings. The van der Waals surface area contributed by atoms with Crippen LogP contribution in [0.5, 0.6) is 0 Å². The first-order valence-electron chi connectivity index (χ1n) is 8.78. The summed E-state index contributed by atoms with van der Waals surface area (Å²) in [4.78, 5) is 2.70. The molecule has 1 heterocycles. The summed E-state index contributed by atoms with van der Waals surface area (Å²) in [5.41, 5.74) is 0.286. The normalized spacial score (nSPS) is 26.6. The molecule has 2 unspecified atom stereocenters. The van der Waals surface area contributed by atoms with Gasteiger partial charge in [-0.25, -0.2) is 0 Å². The Morgan fingerprint density at radius 2 is 1.85 bits per heavy atom. The molecule has 3 nitrogen and oxygen atoms in total. The van der Waals surface area contributed by atoms with Gasteiger partial charge in [0.25, 0.3) is 0 Å². The Labute approximate surface area is 125 Å². The van der Waals surface area contributed by atoms with E-state index in [1.165, 1.54) is 38.5 Å². The summed E-state index contributed by atoms with van der Waals surface area (Å²) < 4.78 is 5.56. The lowest BCUT2D eigenvalue weighted by molar-refractivity contribution is -0.0407. The summed E-state index contributed by atoms with van der Waals surface area (Å²) in [6.07, 6.45) is 8.15. The van der Waals surface area contributed by atoms with Crippen LogP contribution in [-0.4, -0.2) is 49.3 Å². The molecule has 3 heteroatoms. The second-order valence-corrected chi connectivity index (χ2v) is 6.79. The second kappa shape index (κ2) is 7.77. The number of ether oxygens (including phenoxy) is 1. The molecule has 0 spiro atoms. The van der Waals surface area contributed by atoms with E-state index < -0.39 is 0 Å². The average molecular weight is 282 g/mol. The highest BCUT2D eigenvalue weighted by Crippen LogP contribution is 2.36. The summed E-state index contributed by atoms with van der Waals surface area (Å²) in [6.45, 7) is 12.3. The van der Waals surface area contributed by atoms with Crippen LogP contribution in [0, 0.1) is 5.92 Å². The highest BCUT2D eigenvalue weighted by atomic mass is 16.5. The monoisotopic (exact) mass is 282 g/mol. The lowest BCUT2D eigenvalue weighted by Gasteiger charge is -2.50. The van der Waals surface area contributed by atoms with Crippen LogP contribution in [0.25, 0.3) is 0 Å². The minimum atomic E-state index is 0.286. The molecule has 0 amide bonds. The Bertz CT molecular complexity index is 272. The van der Waals surface area contributed by atoms with E-state index in [0.717, 1.165) is 38.8 Å². The van der Waals surface area contributed by atoms with Crippen LogP contribution < -0.4 is 5.32 Å². The number of hydrogen-bond acceptors (Lipinski definition) is 3. The van der Waals surface area contributed by atoms with Gasteiger partial charge in [0.2, 0.25) is 0 Å². The van der Waals surface area contributed by atoms with Crippen LogP contribution in [0.4, 0.5) is 0 Å². The van der Waals surface area contributed by atoms with Crippen LogP contribution >= 0.6 is 0 Å². The van der Waals surface area contributed by atoms with Gasteiger partial charge in [0.05, 0.1) is 13.2 Å². The van der Waals surface area contributed by atoms with Gasteiger partial charge in [0.1, 0.15) is 0 Å². The van der Waals surface area contributed by atoms with Crippen molar-refractivity contribution in [3.63, 3.8) is 0 Å². The third-order valence-corrected chi connectivity index (χ3v) is 5.60. The predicted octanol–water partition coefficient (Wildman–Crippen LogP) is 3.05. The quantitative estimate of drug-likeness (QED) is 0.777. The van der Waals surface area contributed by atoms with Crippen LogP contribution in [-0.2, 0) is 4.74 Å². The van der Waals surface area contributed by atoms with Gasteiger partial charge in [0.15, 0.2) is 0 Å². The van der Waals surface area contributed by atoms with Gasteiger partial charge in [0, 0.05) is 24.7 Å². The zero-order chi connectivity index (χ0) is 14.4.